The Kier molecular flexibility index (Phi) is 3.60. The molecule has 0 aromatic heterocycles. The van der Waals surface area contributed by atoms with Gasteiger partial charge in [0.2, 0.25) is 21.0 Å². The van der Waals surface area contributed by atoms with Crippen molar-refractivity contribution in [3.63, 3.8) is 0 Å². The van der Waals surface area contributed by atoms with Crippen LogP contribution >= 0.6 is 0 Å². The first-order valence-electron chi connectivity index (χ1n) is 3.95. The van der Waals surface area contributed by atoms with Crippen molar-refractivity contribution in [2.24, 2.45) is 0 Å². The lowest BCUT2D eigenvalue weighted by Crippen LogP contribution is -2.05. The van der Waals surface area contributed by atoms with Crippen LogP contribution in [0.15, 0.2) is 24.3 Å². The number of hydrogen-bond donors (Lipinski definition) is 0. The van der Waals surface area contributed by atoms with Crippen LogP contribution in [0.3, 0.4) is 0 Å². The SMILES string of the molecule is O=C(O[SiH3])c1ccc(C(=O)O[SiH3])cc1. The van der Waals surface area contributed by atoms with E-state index in [1.165, 1.54) is 0 Å². The maximum absolute atomic E-state index is 11.1. The van der Waals surface area contributed by atoms with E-state index in [0.29, 0.717) is 32.1 Å². The monoisotopic (exact) mass is 226 g/mol. The molecular formula is C8H10O4Si2. The van der Waals surface area contributed by atoms with Gasteiger partial charge in [0.05, 0.1) is 11.1 Å². The zero-order chi connectivity index (χ0) is 10.6. The zero-order valence-electron chi connectivity index (χ0n) is 7.94. The lowest BCUT2D eigenvalue weighted by atomic mass is 10.1. The molecule has 0 aliphatic rings. The van der Waals surface area contributed by atoms with E-state index < -0.39 is 0 Å². The van der Waals surface area contributed by atoms with E-state index >= 15 is 0 Å². The fourth-order valence-corrected chi connectivity index (χ4v) is 1.45. The molecule has 4 nitrogen and oxygen atoms in total. The van der Waals surface area contributed by atoms with E-state index in [1.807, 2.05) is 0 Å². The highest BCUT2D eigenvalue weighted by Crippen LogP contribution is 2.06. The molecule has 0 amide bonds. The van der Waals surface area contributed by atoms with Gasteiger partial charge in [0.25, 0.3) is 0 Å². The van der Waals surface area contributed by atoms with Crippen molar-refractivity contribution in [1.82, 2.24) is 0 Å². The van der Waals surface area contributed by atoms with Crippen molar-refractivity contribution < 1.29 is 18.4 Å². The molecule has 0 aliphatic carbocycles. The molecule has 0 unspecified atom stereocenters. The van der Waals surface area contributed by atoms with Crippen molar-refractivity contribution >= 4 is 32.9 Å². The molecule has 0 fully saturated rings. The summed E-state index contributed by atoms with van der Waals surface area (Å²) in [6.07, 6.45) is 0. The standard InChI is InChI=1S/C8H10O4Si2/c9-7(11-13)5-1-2-6(4-3-5)8(10)12-14/h1-4H,13-14H3. The smallest absolute Gasteiger partial charge is 0.324 e. The van der Waals surface area contributed by atoms with Crippen LogP contribution in [0.5, 0.6) is 0 Å². The van der Waals surface area contributed by atoms with Crippen LogP contribution in [0.2, 0.25) is 0 Å². The molecule has 14 heavy (non-hydrogen) atoms. The number of carbonyl (C=O) groups excluding carboxylic acids is 2. The van der Waals surface area contributed by atoms with Crippen LogP contribution in [0.4, 0.5) is 0 Å². The van der Waals surface area contributed by atoms with Crippen molar-refractivity contribution in [1.29, 1.82) is 0 Å². The minimum atomic E-state index is -0.359. The number of benzene rings is 1. The number of carbonyl (C=O) groups is 2. The molecule has 1 rings (SSSR count). The molecule has 0 aliphatic heterocycles. The van der Waals surface area contributed by atoms with Crippen LogP contribution in [0.1, 0.15) is 20.7 Å². The first-order chi connectivity index (χ1) is 6.69. The van der Waals surface area contributed by atoms with Gasteiger partial charge >= 0.3 is 11.9 Å². The second-order valence-electron chi connectivity index (χ2n) is 2.56. The quantitative estimate of drug-likeness (QED) is 0.580. The van der Waals surface area contributed by atoms with Gasteiger partial charge in [0.1, 0.15) is 0 Å². The molecule has 0 heterocycles. The van der Waals surface area contributed by atoms with E-state index in [1.54, 1.807) is 24.3 Å². The maximum Gasteiger partial charge on any atom is 0.324 e. The molecule has 0 N–H and O–H groups in total. The summed E-state index contributed by atoms with van der Waals surface area (Å²) < 4.78 is 9.31. The summed E-state index contributed by atoms with van der Waals surface area (Å²) in [6, 6.07) is 6.20. The topological polar surface area (TPSA) is 52.6 Å². The molecule has 0 spiro atoms. The van der Waals surface area contributed by atoms with E-state index in [-0.39, 0.29) is 11.9 Å². The Bertz CT molecular complexity index is 312. The fourth-order valence-electron chi connectivity index (χ4n) is 0.978. The Hall–Kier alpha value is -1.41. The maximum atomic E-state index is 11.1. The van der Waals surface area contributed by atoms with Crippen LogP contribution in [0, 0.1) is 0 Å². The first-order valence-corrected chi connectivity index (χ1v) is 5.59. The van der Waals surface area contributed by atoms with Gasteiger partial charge in [-0.2, -0.15) is 0 Å². The highest BCUT2D eigenvalue weighted by atomic mass is 28.2. The van der Waals surface area contributed by atoms with E-state index in [0.717, 1.165) is 0 Å². The highest BCUT2D eigenvalue weighted by molar-refractivity contribution is 6.10. The van der Waals surface area contributed by atoms with Crippen LogP contribution in [0.25, 0.3) is 0 Å². The molecule has 1 aromatic rings. The molecule has 0 bridgehead atoms. The van der Waals surface area contributed by atoms with Gasteiger partial charge < -0.3 is 8.85 Å². The summed E-state index contributed by atoms with van der Waals surface area (Å²) in [4.78, 5) is 22.1. The summed E-state index contributed by atoms with van der Waals surface area (Å²) in [5, 5.41) is 0. The lowest BCUT2D eigenvalue weighted by molar-refractivity contribution is 0.0735. The Balaban J connectivity index is 2.89. The van der Waals surface area contributed by atoms with Crippen molar-refractivity contribution in [3.05, 3.63) is 35.4 Å². The Morgan fingerprint density at radius 1 is 0.857 bits per heavy atom. The average molecular weight is 226 g/mol. The summed E-state index contributed by atoms with van der Waals surface area (Å²) in [5.41, 5.74) is 0.898. The fraction of sp³-hybridized carbons (Fsp3) is 0. The largest absolute Gasteiger partial charge is 0.525 e. The van der Waals surface area contributed by atoms with Gasteiger partial charge in [0, 0.05) is 0 Å². The molecule has 1 aromatic carbocycles. The molecule has 6 heteroatoms. The summed E-state index contributed by atoms with van der Waals surface area (Å²) >= 11 is 0. The van der Waals surface area contributed by atoms with Crippen molar-refractivity contribution in [2.45, 2.75) is 0 Å². The molecule has 0 saturated carbocycles. The third-order valence-electron chi connectivity index (χ3n) is 1.73. The normalized spacial score (nSPS) is 9.71. The summed E-state index contributed by atoms with van der Waals surface area (Å²) in [5.74, 6) is -0.718. The summed E-state index contributed by atoms with van der Waals surface area (Å²) in [6.45, 7) is 0. The predicted octanol–water partition coefficient (Wildman–Crippen LogP) is -1.44. The van der Waals surface area contributed by atoms with Gasteiger partial charge in [-0.25, -0.2) is 9.59 Å². The number of hydrogen-bond acceptors (Lipinski definition) is 4. The van der Waals surface area contributed by atoms with E-state index in [4.69, 9.17) is 0 Å². The van der Waals surface area contributed by atoms with Crippen molar-refractivity contribution in [3.8, 4) is 0 Å². The Morgan fingerprint density at radius 2 is 1.14 bits per heavy atom. The average Bonchev–Trinajstić information content (AvgIpc) is 2.27. The van der Waals surface area contributed by atoms with Gasteiger partial charge in [-0.05, 0) is 24.3 Å². The second-order valence-corrected chi connectivity index (χ2v) is 3.38. The second kappa shape index (κ2) is 4.73. The lowest BCUT2D eigenvalue weighted by Gasteiger charge is -2.01. The van der Waals surface area contributed by atoms with Crippen LogP contribution < -0.4 is 0 Å². The highest BCUT2D eigenvalue weighted by Gasteiger charge is 2.07. The third-order valence-corrected chi connectivity index (χ3v) is 2.47. The molecule has 0 saturated heterocycles. The molecular weight excluding hydrogens is 216 g/mol. The van der Waals surface area contributed by atoms with Gasteiger partial charge in [-0.1, -0.05) is 0 Å². The third kappa shape index (κ3) is 2.30. The first kappa shape index (κ1) is 10.7. The molecule has 0 atom stereocenters. The van der Waals surface area contributed by atoms with Crippen LogP contribution in [-0.2, 0) is 8.85 Å². The van der Waals surface area contributed by atoms with Crippen molar-refractivity contribution in [2.75, 3.05) is 0 Å². The van der Waals surface area contributed by atoms with Gasteiger partial charge in [-0.15, -0.1) is 0 Å². The van der Waals surface area contributed by atoms with Crippen LogP contribution in [-0.4, -0.2) is 32.9 Å². The summed E-state index contributed by atoms with van der Waals surface area (Å²) in [7, 11) is 0.735. The Morgan fingerprint density at radius 3 is 1.36 bits per heavy atom. The van der Waals surface area contributed by atoms with Gasteiger partial charge in [-0.3, -0.25) is 0 Å². The van der Waals surface area contributed by atoms with Gasteiger partial charge in [0.15, 0.2) is 0 Å². The zero-order valence-corrected chi connectivity index (χ0v) is 11.9. The number of rotatable bonds is 2. The minimum Gasteiger partial charge on any atom is -0.525 e. The molecule has 0 radical (unpaired) electrons. The predicted molar refractivity (Wildman–Crippen MR) is 57.2 cm³/mol. The minimum absolute atomic E-state index is 0.359. The Labute approximate surface area is 87.3 Å². The van der Waals surface area contributed by atoms with E-state index in [9.17, 15) is 9.59 Å². The molecule has 74 valence electrons. The van der Waals surface area contributed by atoms with E-state index in [2.05, 4.69) is 8.85 Å².